The highest BCUT2D eigenvalue weighted by atomic mass is 16.5. The van der Waals surface area contributed by atoms with Gasteiger partial charge in [0.2, 0.25) is 0 Å². The number of rotatable bonds is 10. The van der Waals surface area contributed by atoms with Crippen molar-refractivity contribution in [2.75, 3.05) is 13.2 Å². The van der Waals surface area contributed by atoms with Crippen LogP contribution in [-0.4, -0.2) is 25.5 Å². The van der Waals surface area contributed by atoms with Crippen molar-refractivity contribution in [3.05, 3.63) is 42.0 Å². The summed E-state index contributed by atoms with van der Waals surface area (Å²) in [6.07, 6.45) is 4.80. The van der Waals surface area contributed by atoms with Gasteiger partial charge in [-0.05, 0) is 54.7 Å². The molecule has 0 bridgehead atoms. The highest BCUT2D eigenvalue weighted by Crippen LogP contribution is 2.22. The highest BCUT2D eigenvalue weighted by Gasteiger charge is 2.07. The van der Waals surface area contributed by atoms with E-state index in [-0.39, 0.29) is 11.9 Å². The lowest BCUT2D eigenvalue weighted by Crippen LogP contribution is -2.12. The SMILES string of the molecule is CC(C)C(=O)OCCCCCCOc1ccc2cc(C=O)ccc2c1. The molecule has 2 aromatic rings. The zero-order valence-electron chi connectivity index (χ0n) is 15.0. The average molecular weight is 342 g/mol. The first-order valence-corrected chi connectivity index (χ1v) is 8.88. The van der Waals surface area contributed by atoms with Crippen LogP contribution < -0.4 is 4.74 Å². The van der Waals surface area contributed by atoms with E-state index in [1.165, 1.54) is 0 Å². The van der Waals surface area contributed by atoms with Crippen molar-refractivity contribution in [3.63, 3.8) is 0 Å². The molecule has 0 saturated carbocycles. The summed E-state index contributed by atoms with van der Waals surface area (Å²) in [5, 5.41) is 2.10. The van der Waals surface area contributed by atoms with Gasteiger partial charge in [-0.1, -0.05) is 32.0 Å². The van der Waals surface area contributed by atoms with Crippen molar-refractivity contribution >= 4 is 23.0 Å². The van der Waals surface area contributed by atoms with E-state index in [0.717, 1.165) is 48.5 Å². The quantitative estimate of drug-likeness (QED) is 0.354. The van der Waals surface area contributed by atoms with E-state index < -0.39 is 0 Å². The Labute approximate surface area is 149 Å². The Morgan fingerprint density at radius 1 is 0.960 bits per heavy atom. The summed E-state index contributed by atoms with van der Waals surface area (Å²) in [4.78, 5) is 22.1. The lowest BCUT2D eigenvalue weighted by atomic mass is 10.1. The minimum absolute atomic E-state index is 0.0552. The minimum Gasteiger partial charge on any atom is -0.494 e. The summed E-state index contributed by atoms with van der Waals surface area (Å²) >= 11 is 0. The summed E-state index contributed by atoms with van der Waals surface area (Å²) in [7, 11) is 0. The van der Waals surface area contributed by atoms with Gasteiger partial charge in [-0.15, -0.1) is 0 Å². The van der Waals surface area contributed by atoms with Crippen LogP contribution in [0.25, 0.3) is 10.8 Å². The van der Waals surface area contributed by atoms with Crippen LogP contribution in [0.5, 0.6) is 5.75 Å². The molecule has 0 amide bonds. The van der Waals surface area contributed by atoms with Crippen LogP contribution in [0.4, 0.5) is 0 Å². The van der Waals surface area contributed by atoms with E-state index in [0.29, 0.717) is 18.8 Å². The van der Waals surface area contributed by atoms with Gasteiger partial charge in [0.05, 0.1) is 19.1 Å². The van der Waals surface area contributed by atoms with Gasteiger partial charge in [0, 0.05) is 5.56 Å². The molecule has 0 aliphatic carbocycles. The minimum atomic E-state index is -0.125. The number of fused-ring (bicyclic) bond motifs is 1. The Morgan fingerprint density at radius 2 is 1.64 bits per heavy atom. The van der Waals surface area contributed by atoms with Crippen molar-refractivity contribution in [2.24, 2.45) is 5.92 Å². The van der Waals surface area contributed by atoms with Gasteiger partial charge < -0.3 is 9.47 Å². The van der Waals surface area contributed by atoms with Crippen molar-refractivity contribution in [2.45, 2.75) is 39.5 Å². The topological polar surface area (TPSA) is 52.6 Å². The monoisotopic (exact) mass is 342 g/mol. The molecular formula is C21H26O4. The third-order valence-corrected chi connectivity index (χ3v) is 3.99. The van der Waals surface area contributed by atoms with Crippen molar-refractivity contribution in [1.82, 2.24) is 0 Å². The summed E-state index contributed by atoms with van der Waals surface area (Å²) in [5.74, 6) is 0.664. The predicted octanol–water partition coefficient (Wildman–Crippen LogP) is 4.79. The second-order valence-corrected chi connectivity index (χ2v) is 6.47. The Hall–Kier alpha value is -2.36. The van der Waals surface area contributed by atoms with Gasteiger partial charge in [0.25, 0.3) is 0 Å². The number of unbranched alkanes of at least 4 members (excludes halogenated alkanes) is 3. The maximum atomic E-state index is 11.3. The number of aldehydes is 1. The lowest BCUT2D eigenvalue weighted by Gasteiger charge is -2.08. The molecule has 4 nitrogen and oxygen atoms in total. The van der Waals surface area contributed by atoms with E-state index in [4.69, 9.17) is 9.47 Å². The second kappa shape index (κ2) is 9.82. The Morgan fingerprint density at radius 3 is 2.36 bits per heavy atom. The van der Waals surface area contributed by atoms with E-state index in [9.17, 15) is 9.59 Å². The van der Waals surface area contributed by atoms with Gasteiger partial charge in [0.1, 0.15) is 12.0 Å². The number of benzene rings is 2. The molecule has 25 heavy (non-hydrogen) atoms. The molecule has 2 aromatic carbocycles. The Kier molecular flexibility index (Phi) is 7.45. The van der Waals surface area contributed by atoms with Crippen LogP contribution in [0.15, 0.2) is 36.4 Å². The van der Waals surface area contributed by atoms with Gasteiger partial charge in [0.15, 0.2) is 0 Å². The lowest BCUT2D eigenvalue weighted by molar-refractivity contribution is -0.147. The molecule has 134 valence electrons. The fourth-order valence-electron chi connectivity index (χ4n) is 2.49. The molecule has 0 atom stereocenters. The van der Waals surface area contributed by atoms with E-state index >= 15 is 0 Å². The Balaban J connectivity index is 1.64. The molecule has 0 aromatic heterocycles. The fraction of sp³-hybridized carbons (Fsp3) is 0.429. The van der Waals surface area contributed by atoms with Crippen LogP contribution in [-0.2, 0) is 9.53 Å². The van der Waals surface area contributed by atoms with E-state index in [2.05, 4.69) is 0 Å². The van der Waals surface area contributed by atoms with Crippen molar-refractivity contribution in [3.8, 4) is 5.75 Å². The third-order valence-electron chi connectivity index (χ3n) is 3.99. The standard InChI is InChI=1S/C21H26O4/c1-16(2)21(23)25-12-6-4-3-5-11-24-20-10-9-18-13-17(15-22)7-8-19(18)14-20/h7-10,13-16H,3-6,11-12H2,1-2H3. The van der Waals surface area contributed by atoms with Gasteiger partial charge >= 0.3 is 5.97 Å². The summed E-state index contributed by atoms with van der Waals surface area (Å²) in [6, 6.07) is 11.5. The van der Waals surface area contributed by atoms with Crippen LogP contribution >= 0.6 is 0 Å². The summed E-state index contributed by atoms with van der Waals surface area (Å²) < 4.78 is 10.9. The first-order valence-electron chi connectivity index (χ1n) is 8.88. The molecule has 0 spiro atoms. The first-order chi connectivity index (χ1) is 12.1. The average Bonchev–Trinajstić information content (AvgIpc) is 2.62. The second-order valence-electron chi connectivity index (χ2n) is 6.47. The van der Waals surface area contributed by atoms with Crippen LogP contribution in [0.2, 0.25) is 0 Å². The maximum absolute atomic E-state index is 11.3. The van der Waals surface area contributed by atoms with Crippen LogP contribution in [0.3, 0.4) is 0 Å². The fourth-order valence-corrected chi connectivity index (χ4v) is 2.49. The largest absolute Gasteiger partial charge is 0.494 e. The third kappa shape index (κ3) is 6.22. The molecule has 0 aliphatic rings. The molecule has 0 heterocycles. The molecule has 0 fully saturated rings. The number of carbonyl (C=O) groups excluding carboxylic acids is 2. The predicted molar refractivity (Wildman–Crippen MR) is 99.1 cm³/mol. The molecule has 0 aliphatic heterocycles. The van der Waals surface area contributed by atoms with Crippen molar-refractivity contribution < 1.29 is 19.1 Å². The maximum Gasteiger partial charge on any atom is 0.308 e. The summed E-state index contributed by atoms with van der Waals surface area (Å²) in [6.45, 7) is 4.86. The number of ether oxygens (including phenoxy) is 2. The molecule has 0 radical (unpaired) electrons. The van der Waals surface area contributed by atoms with Gasteiger partial charge in [-0.25, -0.2) is 0 Å². The zero-order chi connectivity index (χ0) is 18.1. The van der Waals surface area contributed by atoms with Crippen LogP contribution in [0, 0.1) is 5.92 Å². The first kappa shape index (κ1) is 19.0. The number of carbonyl (C=O) groups is 2. The van der Waals surface area contributed by atoms with Gasteiger partial charge in [-0.2, -0.15) is 0 Å². The highest BCUT2D eigenvalue weighted by molar-refractivity contribution is 5.89. The molecule has 0 N–H and O–H groups in total. The number of hydrogen-bond acceptors (Lipinski definition) is 4. The molecule has 4 heteroatoms. The molecule has 0 saturated heterocycles. The summed E-state index contributed by atoms with van der Waals surface area (Å²) in [5.41, 5.74) is 0.681. The van der Waals surface area contributed by atoms with Gasteiger partial charge in [-0.3, -0.25) is 9.59 Å². The Bertz CT molecular complexity index is 706. The van der Waals surface area contributed by atoms with E-state index in [1.807, 2.05) is 50.2 Å². The number of hydrogen-bond donors (Lipinski definition) is 0. The zero-order valence-corrected chi connectivity index (χ0v) is 15.0. The molecule has 0 unspecified atom stereocenters. The normalized spacial score (nSPS) is 10.8. The number of esters is 1. The van der Waals surface area contributed by atoms with Crippen molar-refractivity contribution in [1.29, 1.82) is 0 Å². The molecular weight excluding hydrogens is 316 g/mol. The van der Waals surface area contributed by atoms with E-state index in [1.54, 1.807) is 0 Å². The van der Waals surface area contributed by atoms with Crippen LogP contribution in [0.1, 0.15) is 49.9 Å². The molecule has 2 rings (SSSR count). The smallest absolute Gasteiger partial charge is 0.308 e.